The van der Waals surface area contributed by atoms with Crippen LogP contribution in [0.5, 0.6) is 0 Å². The second kappa shape index (κ2) is 10.1. The SMILES string of the molecule is CCCNc1nc(SCC)nc2c1cnn2CCNC(=O)c1ccc(Cl)cc1Cl. The first kappa shape index (κ1) is 21.7. The largest absolute Gasteiger partial charge is 0.369 e. The number of anilines is 1. The summed E-state index contributed by atoms with van der Waals surface area (Å²) in [7, 11) is 0. The molecule has 154 valence electrons. The molecule has 0 saturated carbocycles. The summed E-state index contributed by atoms with van der Waals surface area (Å²) in [4.78, 5) is 21.6. The Kier molecular flexibility index (Phi) is 7.57. The number of rotatable bonds is 9. The lowest BCUT2D eigenvalue weighted by Crippen LogP contribution is -2.27. The van der Waals surface area contributed by atoms with Gasteiger partial charge in [-0.05, 0) is 30.4 Å². The zero-order valence-corrected chi connectivity index (χ0v) is 18.5. The standard InChI is InChI=1S/C19H22Cl2N6OS/c1-3-7-22-16-14-11-24-27(17(14)26-19(25-16)29-4-2)9-8-23-18(28)13-6-5-12(20)10-15(13)21/h5-6,10-11H,3-4,7-9H2,1-2H3,(H,23,28)(H,22,25,26). The molecular weight excluding hydrogens is 431 g/mol. The van der Waals surface area contributed by atoms with Gasteiger partial charge in [0, 0.05) is 18.1 Å². The molecule has 0 aliphatic heterocycles. The monoisotopic (exact) mass is 452 g/mol. The van der Waals surface area contributed by atoms with Crippen molar-refractivity contribution in [2.45, 2.75) is 32.0 Å². The molecule has 0 aliphatic rings. The Morgan fingerprint density at radius 2 is 2.03 bits per heavy atom. The van der Waals surface area contributed by atoms with Crippen LogP contribution in [0.1, 0.15) is 30.6 Å². The summed E-state index contributed by atoms with van der Waals surface area (Å²) in [5.41, 5.74) is 1.13. The van der Waals surface area contributed by atoms with Gasteiger partial charge in [-0.25, -0.2) is 14.6 Å². The van der Waals surface area contributed by atoms with Crippen molar-refractivity contribution in [1.82, 2.24) is 25.1 Å². The average Bonchev–Trinajstić information content (AvgIpc) is 3.09. The van der Waals surface area contributed by atoms with Crippen LogP contribution in [0.4, 0.5) is 5.82 Å². The molecule has 29 heavy (non-hydrogen) atoms. The Morgan fingerprint density at radius 1 is 1.21 bits per heavy atom. The number of aromatic nitrogens is 4. The molecule has 0 bridgehead atoms. The predicted octanol–water partition coefficient (Wildman–Crippen LogP) is 4.50. The fourth-order valence-electron chi connectivity index (χ4n) is 2.71. The highest BCUT2D eigenvalue weighted by molar-refractivity contribution is 7.99. The second-order valence-electron chi connectivity index (χ2n) is 6.20. The molecule has 10 heteroatoms. The minimum atomic E-state index is -0.259. The van der Waals surface area contributed by atoms with Gasteiger partial charge < -0.3 is 10.6 Å². The molecule has 1 amide bonds. The molecule has 7 nitrogen and oxygen atoms in total. The molecule has 0 atom stereocenters. The number of thioether (sulfide) groups is 1. The smallest absolute Gasteiger partial charge is 0.252 e. The molecule has 3 aromatic rings. The molecule has 2 aromatic heterocycles. The van der Waals surface area contributed by atoms with E-state index in [9.17, 15) is 4.79 Å². The summed E-state index contributed by atoms with van der Waals surface area (Å²) in [6, 6.07) is 4.79. The molecular formula is C19H22Cl2N6OS. The highest BCUT2D eigenvalue weighted by Gasteiger charge is 2.14. The number of nitrogens with zero attached hydrogens (tertiary/aromatic N) is 4. The van der Waals surface area contributed by atoms with Gasteiger partial charge in [-0.15, -0.1) is 0 Å². The fraction of sp³-hybridized carbons (Fsp3) is 0.368. The molecule has 2 N–H and O–H groups in total. The third kappa shape index (κ3) is 5.32. The van der Waals surface area contributed by atoms with Crippen LogP contribution in [0.3, 0.4) is 0 Å². The van der Waals surface area contributed by atoms with Gasteiger partial charge in [0.25, 0.3) is 5.91 Å². The summed E-state index contributed by atoms with van der Waals surface area (Å²) in [5.74, 6) is 1.41. The third-order valence-corrected chi connectivity index (χ3v) is 5.35. The molecule has 0 fully saturated rings. The van der Waals surface area contributed by atoms with Gasteiger partial charge in [-0.1, -0.05) is 48.8 Å². The van der Waals surface area contributed by atoms with Gasteiger partial charge in [0.05, 0.1) is 28.7 Å². The highest BCUT2D eigenvalue weighted by atomic mass is 35.5. The number of hydrogen-bond acceptors (Lipinski definition) is 6. The van der Waals surface area contributed by atoms with E-state index in [1.165, 1.54) is 0 Å². The van der Waals surface area contributed by atoms with E-state index in [1.807, 2.05) is 0 Å². The van der Waals surface area contributed by atoms with E-state index in [2.05, 4.69) is 39.5 Å². The van der Waals surface area contributed by atoms with E-state index in [4.69, 9.17) is 23.2 Å². The topological polar surface area (TPSA) is 84.7 Å². The van der Waals surface area contributed by atoms with E-state index in [-0.39, 0.29) is 5.91 Å². The molecule has 0 spiro atoms. The van der Waals surface area contributed by atoms with Crippen LogP contribution in [0.25, 0.3) is 11.0 Å². The summed E-state index contributed by atoms with van der Waals surface area (Å²) < 4.78 is 1.78. The van der Waals surface area contributed by atoms with Crippen molar-refractivity contribution in [2.75, 3.05) is 24.2 Å². The Hall–Kier alpha value is -2.03. The van der Waals surface area contributed by atoms with Gasteiger partial charge in [0.1, 0.15) is 5.82 Å². The highest BCUT2D eigenvalue weighted by Crippen LogP contribution is 2.24. The van der Waals surface area contributed by atoms with Crippen molar-refractivity contribution < 1.29 is 4.79 Å². The normalized spacial score (nSPS) is 11.0. The summed E-state index contributed by atoms with van der Waals surface area (Å²) in [5, 5.41) is 13.0. The zero-order valence-electron chi connectivity index (χ0n) is 16.2. The van der Waals surface area contributed by atoms with Gasteiger partial charge >= 0.3 is 0 Å². The lowest BCUT2D eigenvalue weighted by molar-refractivity contribution is 0.0952. The van der Waals surface area contributed by atoms with E-state index in [0.29, 0.717) is 33.9 Å². The quantitative estimate of drug-likeness (QED) is 0.367. The third-order valence-electron chi connectivity index (χ3n) is 4.08. The van der Waals surface area contributed by atoms with Crippen molar-refractivity contribution in [3.8, 4) is 0 Å². The van der Waals surface area contributed by atoms with Crippen LogP contribution in [0, 0.1) is 0 Å². The van der Waals surface area contributed by atoms with Gasteiger partial charge in [0.15, 0.2) is 10.8 Å². The zero-order chi connectivity index (χ0) is 20.8. The van der Waals surface area contributed by atoms with Crippen LogP contribution < -0.4 is 10.6 Å². The molecule has 0 saturated heterocycles. The van der Waals surface area contributed by atoms with Gasteiger partial charge in [0.2, 0.25) is 0 Å². The Balaban J connectivity index is 1.74. The van der Waals surface area contributed by atoms with Crippen LogP contribution in [0.2, 0.25) is 10.0 Å². The van der Waals surface area contributed by atoms with E-state index < -0.39 is 0 Å². The molecule has 0 radical (unpaired) electrons. The number of hydrogen-bond donors (Lipinski definition) is 2. The lowest BCUT2D eigenvalue weighted by atomic mass is 10.2. The Morgan fingerprint density at radius 3 is 2.76 bits per heavy atom. The van der Waals surface area contributed by atoms with Crippen molar-refractivity contribution in [3.05, 3.63) is 40.0 Å². The molecule has 0 aliphatic carbocycles. The molecule has 1 aromatic carbocycles. The minimum Gasteiger partial charge on any atom is -0.369 e. The van der Waals surface area contributed by atoms with Crippen LogP contribution in [0.15, 0.2) is 29.6 Å². The maximum absolute atomic E-state index is 12.4. The maximum Gasteiger partial charge on any atom is 0.252 e. The molecule has 3 rings (SSSR count). The van der Waals surface area contributed by atoms with Gasteiger partial charge in [-0.2, -0.15) is 5.10 Å². The fourth-order valence-corrected chi connectivity index (χ4v) is 3.77. The second-order valence-corrected chi connectivity index (χ2v) is 8.27. The first-order chi connectivity index (χ1) is 14.0. The molecule has 0 unspecified atom stereocenters. The summed E-state index contributed by atoms with van der Waals surface area (Å²) in [6.45, 7) is 5.84. The number of amides is 1. The van der Waals surface area contributed by atoms with E-state index >= 15 is 0 Å². The number of nitrogens with one attached hydrogen (secondary N) is 2. The van der Waals surface area contributed by atoms with Crippen LogP contribution in [-0.2, 0) is 6.54 Å². The number of carbonyl (C=O) groups is 1. The Labute approximate surface area is 183 Å². The number of halogens is 2. The predicted molar refractivity (Wildman–Crippen MR) is 119 cm³/mol. The van der Waals surface area contributed by atoms with Crippen LogP contribution in [-0.4, -0.2) is 44.5 Å². The first-order valence-electron chi connectivity index (χ1n) is 9.37. The number of fused-ring (bicyclic) bond motifs is 1. The first-order valence-corrected chi connectivity index (χ1v) is 11.1. The summed E-state index contributed by atoms with van der Waals surface area (Å²) >= 11 is 13.6. The lowest BCUT2D eigenvalue weighted by Gasteiger charge is -2.10. The maximum atomic E-state index is 12.4. The van der Waals surface area contributed by atoms with E-state index in [1.54, 1.807) is 40.8 Å². The van der Waals surface area contributed by atoms with Crippen LogP contribution >= 0.6 is 35.0 Å². The molecule has 2 heterocycles. The summed E-state index contributed by atoms with van der Waals surface area (Å²) in [6.07, 6.45) is 2.75. The van der Waals surface area contributed by atoms with Crippen molar-refractivity contribution in [3.63, 3.8) is 0 Å². The van der Waals surface area contributed by atoms with Crippen molar-refractivity contribution in [2.24, 2.45) is 0 Å². The van der Waals surface area contributed by atoms with Crippen molar-refractivity contribution >= 4 is 57.7 Å². The average molecular weight is 453 g/mol. The van der Waals surface area contributed by atoms with Crippen molar-refractivity contribution in [1.29, 1.82) is 0 Å². The van der Waals surface area contributed by atoms with Gasteiger partial charge in [-0.3, -0.25) is 4.79 Å². The Bertz CT molecular complexity index is 1010. The number of benzene rings is 1. The van der Waals surface area contributed by atoms with E-state index in [0.717, 1.165) is 35.6 Å². The number of carbonyl (C=O) groups excluding carboxylic acids is 1. The minimum absolute atomic E-state index is 0.259.